The number of halogens is 3. The average molecular weight is 295 g/mol. The molecule has 0 aliphatic heterocycles. The Kier molecular flexibility index (Phi) is 7.15. The lowest BCUT2D eigenvalue weighted by Crippen LogP contribution is -2.36. The predicted octanol–water partition coefficient (Wildman–Crippen LogP) is 3.32. The maximum atomic E-state index is 13.2. The summed E-state index contributed by atoms with van der Waals surface area (Å²) in [5, 5.41) is 0.437. The Hall–Kier alpha value is -0.350. The summed E-state index contributed by atoms with van der Waals surface area (Å²) in [4.78, 5) is 2.12. The van der Waals surface area contributed by atoms with Crippen molar-refractivity contribution in [1.82, 2.24) is 4.90 Å². The summed E-state index contributed by atoms with van der Waals surface area (Å²) in [6.07, 6.45) is 0. The zero-order valence-corrected chi connectivity index (χ0v) is 12.6. The van der Waals surface area contributed by atoms with Crippen LogP contribution >= 0.6 is 24.0 Å². The lowest BCUT2D eigenvalue weighted by Gasteiger charge is -2.29. The molecule has 0 aliphatic carbocycles. The first-order valence-electron chi connectivity index (χ1n) is 5.66. The third-order valence-electron chi connectivity index (χ3n) is 2.63. The molecule has 0 amide bonds. The van der Waals surface area contributed by atoms with Crippen LogP contribution in [-0.4, -0.2) is 25.0 Å². The van der Waals surface area contributed by atoms with Gasteiger partial charge in [-0.05, 0) is 42.8 Å². The van der Waals surface area contributed by atoms with Crippen molar-refractivity contribution in [3.8, 4) is 0 Å². The highest BCUT2D eigenvalue weighted by Crippen LogP contribution is 2.18. The van der Waals surface area contributed by atoms with E-state index in [1.54, 1.807) is 6.07 Å². The molecule has 0 aliphatic rings. The molecule has 0 heterocycles. The van der Waals surface area contributed by atoms with Gasteiger partial charge in [-0.2, -0.15) is 0 Å². The van der Waals surface area contributed by atoms with E-state index in [-0.39, 0.29) is 23.6 Å². The van der Waals surface area contributed by atoms with Crippen LogP contribution in [0.2, 0.25) is 5.02 Å². The molecular formula is C13H21Cl2FN2. The Morgan fingerprint density at radius 1 is 1.33 bits per heavy atom. The number of hydrogen-bond acceptors (Lipinski definition) is 2. The minimum Gasteiger partial charge on any atom is -0.330 e. The molecule has 0 radical (unpaired) electrons. The molecule has 1 aromatic carbocycles. The number of nitrogens with zero attached hydrogens (tertiary/aromatic N) is 1. The fraction of sp³-hybridized carbons (Fsp3) is 0.538. The first-order chi connectivity index (χ1) is 7.82. The fourth-order valence-corrected chi connectivity index (χ4v) is 2.11. The van der Waals surface area contributed by atoms with Crippen molar-refractivity contribution in [2.75, 3.05) is 20.1 Å². The highest BCUT2D eigenvalue weighted by molar-refractivity contribution is 6.30. The van der Waals surface area contributed by atoms with Gasteiger partial charge in [0.25, 0.3) is 0 Å². The largest absolute Gasteiger partial charge is 0.330 e. The van der Waals surface area contributed by atoms with E-state index in [2.05, 4.69) is 18.7 Å². The smallest absolute Gasteiger partial charge is 0.125 e. The Bertz CT molecular complexity index is 363. The molecule has 2 nitrogen and oxygen atoms in total. The Labute approximate surface area is 120 Å². The standard InChI is InChI=1S/C13H20ClFN2.ClH/c1-13(2,8-16)9-17(3)7-10-4-11(14)6-12(15)5-10;/h4-6H,7-9,16H2,1-3H3;1H. The maximum Gasteiger partial charge on any atom is 0.125 e. The lowest BCUT2D eigenvalue weighted by molar-refractivity contribution is 0.210. The lowest BCUT2D eigenvalue weighted by atomic mass is 9.93. The van der Waals surface area contributed by atoms with Crippen molar-refractivity contribution in [3.63, 3.8) is 0 Å². The number of benzene rings is 1. The van der Waals surface area contributed by atoms with Crippen LogP contribution in [0.4, 0.5) is 4.39 Å². The number of rotatable bonds is 5. The molecule has 104 valence electrons. The van der Waals surface area contributed by atoms with Crippen LogP contribution in [0, 0.1) is 11.2 Å². The molecule has 1 rings (SSSR count). The predicted molar refractivity (Wildman–Crippen MR) is 77.8 cm³/mol. The highest BCUT2D eigenvalue weighted by Gasteiger charge is 2.18. The van der Waals surface area contributed by atoms with E-state index in [9.17, 15) is 4.39 Å². The summed E-state index contributed by atoms with van der Waals surface area (Å²) in [5.41, 5.74) is 6.63. The molecule has 0 spiro atoms. The number of nitrogens with two attached hydrogens (primary N) is 1. The molecule has 5 heteroatoms. The molecule has 0 unspecified atom stereocenters. The number of hydrogen-bond donors (Lipinski definition) is 1. The van der Waals surface area contributed by atoms with Gasteiger partial charge in [0.2, 0.25) is 0 Å². The van der Waals surface area contributed by atoms with Crippen LogP contribution < -0.4 is 5.73 Å². The molecule has 0 saturated carbocycles. The second-order valence-corrected chi connectivity index (χ2v) is 5.75. The Balaban J connectivity index is 0.00000289. The normalized spacial score (nSPS) is 11.5. The van der Waals surface area contributed by atoms with Gasteiger partial charge >= 0.3 is 0 Å². The Morgan fingerprint density at radius 3 is 2.44 bits per heavy atom. The van der Waals surface area contributed by atoms with E-state index in [1.807, 2.05) is 7.05 Å². The summed E-state index contributed by atoms with van der Waals surface area (Å²) < 4.78 is 13.2. The first kappa shape index (κ1) is 17.6. The summed E-state index contributed by atoms with van der Waals surface area (Å²) in [7, 11) is 2.00. The topological polar surface area (TPSA) is 29.3 Å². The van der Waals surface area contributed by atoms with Gasteiger partial charge in [0.1, 0.15) is 5.82 Å². The molecule has 0 bridgehead atoms. The summed E-state index contributed by atoms with van der Waals surface area (Å²) >= 11 is 5.82. The zero-order chi connectivity index (χ0) is 13.1. The van der Waals surface area contributed by atoms with Crippen LogP contribution in [0.25, 0.3) is 0 Å². The third kappa shape index (κ3) is 6.01. The van der Waals surface area contributed by atoms with Crippen LogP contribution in [0.15, 0.2) is 18.2 Å². The second kappa shape index (κ2) is 7.29. The van der Waals surface area contributed by atoms with Crippen molar-refractivity contribution >= 4 is 24.0 Å². The molecular weight excluding hydrogens is 274 g/mol. The molecule has 0 saturated heterocycles. The van der Waals surface area contributed by atoms with Crippen LogP contribution in [0.5, 0.6) is 0 Å². The monoisotopic (exact) mass is 294 g/mol. The van der Waals surface area contributed by atoms with Crippen molar-refractivity contribution in [3.05, 3.63) is 34.6 Å². The van der Waals surface area contributed by atoms with Gasteiger partial charge in [-0.3, -0.25) is 0 Å². The maximum absolute atomic E-state index is 13.2. The van der Waals surface area contributed by atoms with Gasteiger partial charge in [0, 0.05) is 18.1 Å². The van der Waals surface area contributed by atoms with Crippen LogP contribution in [-0.2, 0) is 6.54 Å². The molecule has 0 fully saturated rings. The minimum atomic E-state index is -0.293. The van der Waals surface area contributed by atoms with Crippen molar-refractivity contribution in [2.45, 2.75) is 20.4 Å². The highest BCUT2D eigenvalue weighted by atomic mass is 35.5. The Morgan fingerprint density at radius 2 is 1.94 bits per heavy atom. The van der Waals surface area contributed by atoms with Gasteiger partial charge in [0.15, 0.2) is 0 Å². The van der Waals surface area contributed by atoms with Gasteiger partial charge in [-0.1, -0.05) is 25.4 Å². The van der Waals surface area contributed by atoms with E-state index in [0.29, 0.717) is 18.1 Å². The fourth-order valence-electron chi connectivity index (χ4n) is 1.87. The summed E-state index contributed by atoms with van der Waals surface area (Å²) in [5.74, 6) is -0.293. The average Bonchev–Trinajstić information content (AvgIpc) is 2.14. The van der Waals surface area contributed by atoms with Gasteiger partial charge < -0.3 is 10.6 Å². The molecule has 2 N–H and O–H groups in total. The third-order valence-corrected chi connectivity index (χ3v) is 2.84. The molecule has 0 atom stereocenters. The van der Waals surface area contributed by atoms with E-state index in [0.717, 1.165) is 12.1 Å². The molecule has 18 heavy (non-hydrogen) atoms. The molecule has 0 aromatic heterocycles. The molecule has 1 aromatic rings. The SMILES string of the molecule is CN(Cc1cc(F)cc(Cl)c1)CC(C)(C)CN.Cl. The summed E-state index contributed by atoms with van der Waals surface area (Å²) in [6, 6.07) is 4.61. The summed E-state index contributed by atoms with van der Waals surface area (Å²) in [6.45, 7) is 6.38. The van der Waals surface area contributed by atoms with E-state index in [4.69, 9.17) is 17.3 Å². The van der Waals surface area contributed by atoms with Crippen molar-refractivity contribution < 1.29 is 4.39 Å². The van der Waals surface area contributed by atoms with Gasteiger partial charge in [-0.15, -0.1) is 12.4 Å². The van der Waals surface area contributed by atoms with Gasteiger partial charge in [-0.25, -0.2) is 4.39 Å². The first-order valence-corrected chi connectivity index (χ1v) is 6.04. The zero-order valence-electron chi connectivity index (χ0n) is 11.0. The van der Waals surface area contributed by atoms with Crippen LogP contribution in [0.3, 0.4) is 0 Å². The van der Waals surface area contributed by atoms with E-state index in [1.165, 1.54) is 12.1 Å². The van der Waals surface area contributed by atoms with Crippen molar-refractivity contribution in [2.24, 2.45) is 11.1 Å². The second-order valence-electron chi connectivity index (χ2n) is 5.32. The van der Waals surface area contributed by atoms with Crippen molar-refractivity contribution in [1.29, 1.82) is 0 Å². The van der Waals surface area contributed by atoms with Crippen LogP contribution in [0.1, 0.15) is 19.4 Å². The van der Waals surface area contributed by atoms with E-state index < -0.39 is 0 Å². The van der Waals surface area contributed by atoms with Gasteiger partial charge in [0.05, 0.1) is 0 Å². The quantitative estimate of drug-likeness (QED) is 0.903. The van der Waals surface area contributed by atoms with E-state index >= 15 is 0 Å². The minimum absolute atomic E-state index is 0.